The third kappa shape index (κ3) is 5.51. The third-order valence-electron chi connectivity index (χ3n) is 3.72. The first kappa shape index (κ1) is 19.3. The number of hydrogen-bond acceptors (Lipinski definition) is 4. The summed E-state index contributed by atoms with van der Waals surface area (Å²) in [5, 5.41) is 15.2. The molecule has 1 heterocycles. The number of halogens is 1. The van der Waals surface area contributed by atoms with E-state index in [4.69, 9.17) is 5.11 Å². The maximum absolute atomic E-state index is 13.9. The lowest BCUT2D eigenvalue weighted by Gasteiger charge is -2.08. The number of carboxylic acid groups (broad SMARTS) is 1. The zero-order valence-electron chi connectivity index (χ0n) is 14.2. The number of rotatable bonds is 9. The van der Waals surface area contributed by atoms with Crippen molar-refractivity contribution in [1.29, 1.82) is 0 Å². The number of nitrogens with one attached hydrogen (secondary N) is 1. The van der Waals surface area contributed by atoms with Crippen molar-refractivity contribution in [3.05, 3.63) is 58.3 Å². The molecule has 26 heavy (non-hydrogen) atoms. The van der Waals surface area contributed by atoms with Crippen molar-refractivity contribution in [2.24, 2.45) is 0 Å². The predicted octanol–water partition coefficient (Wildman–Crippen LogP) is 2.14. The average Bonchev–Trinajstić information content (AvgIpc) is 2.61. The van der Waals surface area contributed by atoms with Gasteiger partial charge in [0.2, 0.25) is 0 Å². The van der Waals surface area contributed by atoms with Crippen LogP contribution < -0.4 is 10.9 Å². The molecule has 1 aromatic carbocycles. The van der Waals surface area contributed by atoms with Crippen LogP contribution in [0.5, 0.6) is 0 Å². The predicted molar refractivity (Wildman–Crippen MR) is 92.8 cm³/mol. The Balaban J connectivity index is 1.92. The van der Waals surface area contributed by atoms with Crippen molar-refractivity contribution in [2.75, 3.05) is 6.54 Å². The molecule has 0 unspecified atom stereocenters. The van der Waals surface area contributed by atoms with Gasteiger partial charge in [-0.25, -0.2) is 4.39 Å². The molecule has 0 atom stereocenters. The summed E-state index contributed by atoms with van der Waals surface area (Å²) in [5.74, 6) is -1.88. The number of nitrogens with zero attached hydrogens (tertiary/aromatic N) is 2. The van der Waals surface area contributed by atoms with Crippen LogP contribution in [0, 0.1) is 5.82 Å². The van der Waals surface area contributed by atoms with Crippen LogP contribution in [0.3, 0.4) is 0 Å². The molecule has 0 bridgehead atoms. The molecular weight excluding hydrogens is 341 g/mol. The van der Waals surface area contributed by atoms with E-state index in [0.29, 0.717) is 19.4 Å². The zero-order chi connectivity index (χ0) is 18.9. The Morgan fingerprint density at radius 1 is 1.08 bits per heavy atom. The maximum Gasteiger partial charge on any atom is 0.303 e. The highest BCUT2D eigenvalue weighted by molar-refractivity contribution is 5.92. The molecule has 2 aromatic rings. The van der Waals surface area contributed by atoms with E-state index in [9.17, 15) is 18.8 Å². The molecule has 1 aromatic heterocycles. The Morgan fingerprint density at radius 3 is 2.54 bits per heavy atom. The van der Waals surface area contributed by atoms with Crippen LogP contribution >= 0.6 is 0 Å². The number of carbonyl (C=O) groups excluding carboxylic acids is 1. The second kappa shape index (κ2) is 9.45. The Labute approximate surface area is 149 Å². The van der Waals surface area contributed by atoms with Crippen LogP contribution in [0.2, 0.25) is 0 Å². The minimum absolute atomic E-state index is 0.0127. The number of benzene rings is 1. The fourth-order valence-corrected chi connectivity index (χ4v) is 2.38. The first-order chi connectivity index (χ1) is 12.5. The smallest absolute Gasteiger partial charge is 0.303 e. The molecule has 0 fully saturated rings. The summed E-state index contributed by atoms with van der Waals surface area (Å²) >= 11 is 0. The summed E-state index contributed by atoms with van der Waals surface area (Å²) in [7, 11) is 0. The largest absolute Gasteiger partial charge is 0.481 e. The van der Waals surface area contributed by atoms with Crippen LogP contribution in [0.25, 0.3) is 5.69 Å². The summed E-state index contributed by atoms with van der Waals surface area (Å²) in [4.78, 5) is 34.5. The number of carbonyl (C=O) groups is 2. The van der Waals surface area contributed by atoms with Crippen LogP contribution in [0.4, 0.5) is 4.39 Å². The molecule has 0 radical (unpaired) electrons. The lowest BCUT2D eigenvalue weighted by Crippen LogP contribution is -2.29. The van der Waals surface area contributed by atoms with E-state index in [0.717, 1.165) is 17.5 Å². The molecule has 8 heteroatoms. The zero-order valence-corrected chi connectivity index (χ0v) is 14.2. The summed E-state index contributed by atoms with van der Waals surface area (Å²) < 4.78 is 14.7. The fraction of sp³-hybridized carbons (Fsp3) is 0.333. The lowest BCUT2D eigenvalue weighted by atomic mass is 10.1. The Hall–Kier alpha value is -3.03. The van der Waals surface area contributed by atoms with E-state index in [-0.39, 0.29) is 17.8 Å². The molecule has 0 aliphatic rings. The first-order valence-electron chi connectivity index (χ1n) is 8.34. The number of aromatic nitrogens is 2. The van der Waals surface area contributed by atoms with E-state index in [2.05, 4.69) is 10.4 Å². The van der Waals surface area contributed by atoms with Crippen LogP contribution in [0.15, 0.2) is 41.2 Å². The van der Waals surface area contributed by atoms with Gasteiger partial charge in [0.1, 0.15) is 17.2 Å². The molecule has 0 spiro atoms. The number of unbranched alkanes of at least 4 members (excludes halogenated alkanes) is 3. The van der Waals surface area contributed by atoms with Gasteiger partial charge < -0.3 is 10.4 Å². The van der Waals surface area contributed by atoms with Crippen molar-refractivity contribution in [3.8, 4) is 5.69 Å². The highest BCUT2D eigenvalue weighted by Crippen LogP contribution is 2.09. The Morgan fingerprint density at radius 2 is 1.81 bits per heavy atom. The molecule has 138 valence electrons. The second-order valence-corrected chi connectivity index (χ2v) is 5.73. The average molecular weight is 361 g/mol. The molecule has 2 rings (SSSR count). The fourth-order valence-electron chi connectivity index (χ4n) is 2.38. The van der Waals surface area contributed by atoms with Crippen molar-refractivity contribution in [3.63, 3.8) is 0 Å². The SMILES string of the molecule is O=C(O)CCCCCCNC(=O)c1ccc(=O)n(-c2ccccc2F)n1. The quantitative estimate of drug-likeness (QED) is 0.666. The second-order valence-electron chi connectivity index (χ2n) is 5.73. The molecule has 7 nitrogen and oxygen atoms in total. The summed E-state index contributed by atoms with van der Waals surface area (Å²) in [6.07, 6.45) is 3.04. The van der Waals surface area contributed by atoms with Gasteiger partial charge in [0.25, 0.3) is 11.5 Å². The highest BCUT2D eigenvalue weighted by Gasteiger charge is 2.12. The van der Waals surface area contributed by atoms with Gasteiger partial charge in [0, 0.05) is 19.0 Å². The molecule has 0 aliphatic heterocycles. The summed E-state index contributed by atoms with van der Waals surface area (Å²) in [6, 6.07) is 8.14. The van der Waals surface area contributed by atoms with Gasteiger partial charge >= 0.3 is 5.97 Å². The number of amides is 1. The third-order valence-corrected chi connectivity index (χ3v) is 3.72. The van der Waals surface area contributed by atoms with Gasteiger partial charge in [-0.2, -0.15) is 9.78 Å². The summed E-state index contributed by atoms with van der Waals surface area (Å²) in [6.45, 7) is 0.409. The standard InChI is InChI=1S/C18H20FN3O4/c19-13-7-4-5-8-15(13)22-16(23)11-10-14(21-22)18(26)20-12-6-2-1-3-9-17(24)25/h4-5,7-8,10-11H,1-3,6,9,12H2,(H,20,26)(H,24,25). The lowest BCUT2D eigenvalue weighted by molar-refractivity contribution is -0.137. The van der Waals surface area contributed by atoms with E-state index in [1.54, 1.807) is 6.07 Å². The molecule has 0 saturated heterocycles. The van der Waals surface area contributed by atoms with Crippen molar-refractivity contribution in [2.45, 2.75) is 32.1 Å². The van der Waals surface area contributed by atoms with Gasteiger partial charge in [-0.05, 0) is 31.0 Å². The first-order valence-corrected chi connectivity index (χ1v) is 8.34. The van der Waals surface area contributed by atoms with Gasteiger partial charge in [-0.1, -0.05) is 25.0 Å². The highest BCUT2D eigenvalue weighted by atomic mass is 19.1. The Bertz CT molecular complexity index is 835. The van der Waals surface area contributed by atoms with Crippen LogP contribution in [0.1, 0.15) is 42.6 Å². The van der Waals surface area contributed by atoms with Gasteiger partial charge in [-0.3, -0.25) is 14.4 Å². The van der Waals surface area contributed by atoms with Gasteiger partial charge in [0.05, 0.1) is 0 Å². The van der Waals surface area contributed by atoms with E-state index in [1.165, 1.54) is 30.3 Å². The van der Waals surface area contributed by atoms with Crippen LogP contribution in [-0.4, -0.2) is 33.3 Å². The molecule has 1 amide bonds. The molecule has 0 aliphatic carbocycles. The number of aliphatic carboxylic acids is 1. The Kier molecular flexibility index (Phi) is 7.02. The van der Waals surface area contributed by atoms with Crippen molar-refractivity contribution >= 4 is 11.9 Å². The monoisotopic (exact) mass is 361 g/mol. The number of hydrogen-bond donors (Lipinski definition) is 2. The molecule has 2 N–H and O–H groups in total. The minimum atomic E-state index is -0.811. The molecule has 0 saturated carbocycles. The number of carboxylic acids is 1. The van der Waals surface area contributed by atoms with Crippen molar-refractivity contribution < 1.29 is 19.1 Å². The summed E-state index contributed by atoms with van der Waals surface area (Å²) in [5.41, 5.74) is -0.547. The van der Waals surface area contributed by atoms with E-state index in [1.807, 2.05) is 0 Å². The van der Waals surface area contributed by atoms with E-state index < -0.39 is 23.3 Å². The van der Waals surface area contributed by atoms with Crippen LogP contribution in [-0.2, 0) is 4.79 Å². The normalized spacial score (nSPS) is 10.5. The molecular formula is C18H20FN3O4. The maximum atomic E-state index is 13.9. The van der Waals surface area contributed by atoms with Gasteiger partial charge in [0.15, 0.2) is 0 Å². The van der Waals surface area contributed by atoms with Crippen molar-refractivity contribution in [1.82, 2.24) is 15.1 Å². The minimum Gasteiger partial charge on any atom is -0.481 e. The number of para-hydroxylation sites is 1. The van der Waals surface area contributed by atoms with Gasteiger partial charge in [-0.15, -0.1) is 0 Å². The van der Waals surface area contributed by atoms with E-state index >= 15 is 0 Å². The topological polar surface area (TPSA) is 101 Å².